The number of amides is 1. The standard InChI is InChI=1S/C22H19N3O2/c1-27-20(14-5-3-2-4-6-14)15-7-9-16(10-8-15)22-24-18-12-11-17(21(23)26)13-19(18)25-22/h2-13,20H,1H3,(H2,23,26)(H,24,25). The smallest absolute Gasteiger partial charge is 0.248 e. The number of hydrogen-bond donors (Lipinski definition) is 2. The van der Waals surface area contributed by atoms with Crippen LogP contribution in [-0.4, -0.2) is 23.0 Å². The minimum absolute atomic E-state index is 0.117. The Hall–Kier alpha value is -3.44. The van der Waals surface area contributed by atoms with Crippen molar-refractivity contribution in [2.24, 2.45) is 5.73 Å². The molecule has 134 valence electrons. The average molecular weight is 357 g/mol. The number of nitrogens with two attached hydrogens (primary N) is 1. The first kappa shape index (κ1) is 17.0. The van der Waals surface area contributed by atoms with Crippen molar-refractivity contribution in [1.29, 1.82) is 0 Å². The molecule has 1 heterocycles. The van der Waals surface area contributed by atoms with Gasteiger partial charge >= 0.3 is 0 Å². The Labute approximate surface area is 156 Å². The molecule has 1 unspecified atom stereocenters. The van der Waals surface area contributed by atoms with Crippen molar-refractivity contribution < 1.29 is 9.53 Å². The number of nitrogens with one attached hydrogen (secondary N) is 1. The van der Waals surface area contributed by atoms with Gasteiger partial charge in [-0.3, -0.25) is 4.79 Å². The molecule has 3 aromatic carbocycles. The van der Waals surface area contributed by atoms with E-state index in [1.54, 1.807) is 25.3 Å². The van der Waals surface area contributed by atoms with Gasteiger partial charge in [0.1, 0.15) is 11.9 Å². The van der Waals surface area contributed by atoms with E-state index < -0.39 is 5.91 Å². The molecule has 5 nitrogen and oxygen atoms in total. The number of nitrogens with zero attached hydrogens (tertiary/aromatic N) is 1. The summed E-state index contributed by atoms with van der Waals surface area (Å²) in [6.07, 6.45) is -0.117. The predicted molar refractivity (Wildman–Crippen MR) is 105 cm³/mol. The summed E-state index contributed by atoms with van der Waals surface area (Å²) in [5.41, 5.74) is 10.5. The third-order valence-corrected chi connectivity index (χ3v) is 4.59. The van der Waals surface area contributed by atoms with Crippen LogP contribution in [0, 0.1) is 0 Å². The zero-order chi connectivity index (χ0) is 18.8. The molecule has 0 radical (unpaired) electrons. The lowest BCUT2D eigenvalue weighted by Crippen LogP contribution is -2.10. The van der Waals surface area contributed by atoms with Gasteiger partial charge in [-0.25, -0.2) is 4.98 Å². The molecule has 0 bridgehead atoms. The average Bonchev–Trinajstić information content (AvgIpc) is 3.13. The molecule has 1 aromatic heterocycles. The molecule has 1 atom stereocenters. The Bertz CT molecular complexity index is 1090. The monoisotopic (exact) mass is 357 g/mol. The van der Waals surface area contributed by atoms with Crippen LogP contribution in [0.15, 0.2) is 72.8 Å². The van der Waals surface area contributed by atoms with E-state index in [1.165, 1.54) is 0 Å². The number of aromatic amines is 1. The molecule has 4 rings (SSSR count). The van der Waals surface area contributed by atoms with Gasteiger partial charge in [0.15, 0.2) is 0 Å². The molecule has 3 N–H and O–H groups in total. The van der Waals surface area contributed by atoms with Crippen molar-refractivity contribution in [2.75, 3.05) is 7.11 Å². The maximum absolute atomic E-state index is 11.3. The number of carbonyl (C=O) groups is 1. The third-order valence-electron chi connectivity index (χ3n) is 4.59. The fourth-order valence-corrected chi connectivity index (χ4v) is 3.21. The summed E-state index contributed by atoms with van der Waals surface area (Å²) in [6.45, 7) is 0. The van der Waals surface area contributed by atoms with E-state index in [4.69, 9.17) is 10.5 Å². The van der Waals surface area contributed by atoms with E-state index in [9.17, 15) is 4.79 Å². The van der Waals surface area contributed by atoms with Crippen LogP contribution in [0.3, 0.4) is 0 Å². The van der Waals surface area contributed by atoms with Gasteiger partial charge in [-0.1, -0.05) is 54.6 Å². The molecular formula is C22H19N3O2. The quantitative estimate of drug-likeness (QED) is 0.565. The summed E-state index contributed by atoms with van der Waals surface area (Å²) in [7, 11) is 1.71. The number of primary amides is 1. The van der Waals surface area contributed by atoms with Crippen LogP contribution >= 0.6 is 0 Å². The van der Waals surface area contributed by atoms with Gasteiger partial charge < -0.3 is 15.5 Å². The number of methoxy groups -OCH3 is 1. The maximum atomic E-state index is 11.3. The number of ether oxygens (including phenoxy) is 1. The highest BCUT2D eigenvalue weighted by Crippen LogP contribution is 2.28. The van der Waals surface area contributed by atoms with E-state index in [0.717, 1.165) is 33.5 Å². The lowest BCUT2D eigenvalue weighted by atomic mass is 10.00. The van der Waals surface area contributed by atoms with Crippen molar-refractivity contribution in [1.82, 2.24) is 9.97 Å². The number of rotatable bonds is 5. The van der Waals surface area contributed by atoms with Crippen molar-refractivity contribution in [2.45, 2.75) is 6.10 Å². The zero-order valence-electron chi connectivity index (χ0n) is 14.8. The Kier molecular flexibility index (Phi) is 4.44. The summed E-state index contributed by atoms with van der Waals surface area (Å²) >= 11 is 0. The largest absolute Gasteiger partial charge is 0.372 e. The number of hydrogen-bond acceptors (Lipinski definition) is 3. The predicted octanol–water partition coefficient (Wildman–Crippen LogP) is 4.06. The Morgan fingerprint density at radius 1 is 1.00 bits per heavy atom. The normalized spacial score (nSPS) is 12.2. The van der Waals surface area contributed by atoms with E-state index in [2.05, 4.69) is 22.1 Å². The minimum Gasteiger partial charge on any atom is -0.372 e. The van der Waals surface area contributed by atoms with E-state index >= 15 is 0 Å². The Morgan fingerprint density at radius 2 is 1.70 bits per heavy atom. The van der Waals surface area contributed by atoms with Gasteiger partial charge in [0.2, 0.25) is 5.91 Å². The Balaban J connectivity index is 1.65. The number of H-pyrrole nitrogens is 1. The number of benzene rings is 3. The molecule has 0 aliphatic heterocycles. The van der Waals surface area contributed by atoms with E-state index in [1.807, 2.05) is 42.5 Å². The van der Waals surface area contributed by atoms with Crippen molar-refractivity contribution in [3.63, 3.8) is 0 Å². The number of fused-ring (bicyclic) bond motifs is 1. The van der Waals surface area contributed by atoms with Crippen molar-refractivity contribution in [3.8, 4) is 11.4 Å². The van der Waals surface area contributed by atoms with Crippen molar-refractivity contribution >= 4 is 16.9 Å². The molecule has 0 aliphatic rings. The summed E-state index contributed by atoms with van der Waals surface area (Å²) in [5, 5.41) is 0. The SMILES string of the molecule is COC(c1ccccc1)c1ccc(-c2nc3ccc(C(N)=O)cc3[nH]2)cc1. The lowest BCUT2D eigenvalue weighted by molar-refractivity contribution is 0.100. The number of imidazole rings is 1. The van der Waals surface area contributed by atoms with Crippen LogP contribution in [0.5, 0.6) is 0 Å². The highest BCUT2D eigenvalue weighted by Gasteiger charge is 2.14. The minimum atomic E-state index is -0.455. The van der Waals surface area contributed by atoms with E-state index in [0.29, 0.717) is 5.56 Å². The topological polar surface area (TPSA) is 81.0 Å². The molecule has 27 heavy (non-hydrogen) atoms. The van der Waals surface area contributed by atoms with Gasteiger partial charge in [-0.2, -0.15) is 0 Å². The van der Waals surface area contributed by atoms with Gasteiger partial charge in [0.05, 0.1) is 11.0 Å². The van der Waals surface area contributed by atoms with Gasteiger partial charge in [0.25, 0.3) is 0 Å². The maximum Gasteiger partial charge on any atom is 0.248 e. The van der Waals surface area contributed by atoms with Gasteiger partial charge in [-0.05, 0) is 29.3 Å². The van der Waals surface area contributed by atoms with Crippen LogP contribution in [-0.2, 0) is 4.74 Å². The van der Waals surface area contributed by atoms with Gasteiger partial charge in [-0.15, -0.1) is 0 Å². The molecule has 0 spiro atoms. The second-order valence-electron chi connectivity index (χ2n) is 6.33. The van der Waals surface area contributed by atoms with E-state index in [-0.39, 0.29) is 6.10 Å². The second-order valence-corrected chi connectivity index (χ2v) is 6.33. The van der Waals surface area contributed by atoms with Crippen LogP contribution in [0.2, 0.25) is 0 Å². The number of aromatic nitrogens is 2. The molecule has 5 heteroatoms. The molecule has 0 aliphatic carbocycles. The van der Waals surface area contributed by atoms with Crippen LogP contribution in [0.25, 0.3) is 22.4 Å². The molecule has 0 saturated heterocycles. The highest BCUT2D eigenvalue weighted by atomic mass is 16.5. The van der Waals surface area contributed by atoms with Crippen LogP contribution < -0.4 is 5.73 Å². The fourth-order valence-electron chi connectivity index (χ4n) is 3.21. The highest BCUT2D eigenvalue weighted by molar-refractivity contribution is 5.96. The molecule has 1 amide bonds. The van der Waals surface area contributed by atoms with Crippen LogP contribution in [0.1, 0.15) is 27.6 Å². The summed E-state index contributed by atoms with van der Waals surface area (Å²) in [4.78, 5) is 19.2. The first-order chi connectivity index (χ1) is 13.2. The fraction of sp³-hybridized carbons (Fsp3) is 0.0909. The summed E-state index contributed by atoms with van der Waals surface area (Å²) in [5.74, 6) is 0.288. The molecule has 4 aromatic rings. The van der Waals surface area contributed by atoms with Crippen molar-refractivity contribution in [3.05, 3.63) is 89.5 Å². The Morgan fingerprint density at radius 3 is 2.37 bits per heavy atom. The summed E-state index contributed by atoms with van der Waals surface area (Å²) < 4.78 is 5.68. The second kappa shape index (κ2) is 7.05. The first-order valence-electron chi connectivity index (χ1n) is 8.63. The van der Waals surface area contributed by atoms with Crippen LogP contribution in [0.4, 0.5) is 0 Å². The molecule has 0 saturated carbocycles. The lowest BCUT2D eigenvalue weighted by Gasteiger charge is -2.16. The zero-order valence-corrected chi connectivity index (χ0v) is 14.8. The summed E-state index contributed by atoms with van der Waals surface area (Å²) in [6, 6.07) is 23.4. The molecular weight excluding hydrogens is 338 g/mol. The number of carbonyl (C=O) groups excluding carboxylic acids is 1. The molecule has 0 fully saturated rings. The van der Waals surface area contributed by atoms with Gasteiger partial charge in [0, 0.05) is 18.2 Å². The third kappa shape index (κ3) is 3.32. The first-order valence-corrected chi connectivity index (χ1v) is 8.63.